The molecule has 5 heteroatoms. The molecule has 4 nitrogen and oxygen atoms in total. The molecule has 4 rings (SSSR count). The van der Waals surface area contributed by atoms with E-state index in [2.05, 4.69) is 31.6 Å². The van der Waals surface area contributed by atoms with Crippen LogP contribution in [-0.2, 0) is 17.9 Å². The Hall–Kier alpha value is -1.72. The molecule has 2 aliphatic heterocycles. The summed E-state index contributed by atoms with van der Waals surface area (Å²) in [5.41, 5.74) is 3.37. The SMILES string of the molecule is Cc1cccc(CN2C(=O)C[C@H]3[C@H]2CCN3Cc2ccsc2)n1. The van der Waals surface area contributed by atoms with Crippen molar-refractivity contribution in [1.29, 1.82) is 0 Å². The highest BCUT2D eigenvalue weighted by Gasteiger charge is 2.46. The summed E-state index contributed by atoms with van der Waals surface area (Å²) in [5.74, 6) is 0.276. The van der Waals surface area contributed by atoms with E-state index in [9.17, 15) is 4.79 Å². The summed E-state index contributed by atoms with van der Waals surface area (Å²) in [5, 5.41) is 4.33. The first-order valence-corrected chi connectivity index (χ1v) is 9.12. The third-order valence-corrected chi connectivity index (χ3v) is 5.71. The Morgan fingerprint density at radius 1 is 1.26 bits per heavy atom. The normalized spacial score (nSPS) is 24.4. The maximum absolute atomic E-state index is 12.5. The van der Waals surface area contributed by atoms with E-state index in [0.29, 0.717) is 25.0 Å². The lowest BCUT2D eigenvalue weighted by Gasteiger charge is -2.25. The first-order valence-electron chi connectivity index (χ1n) is 8.18. The summed E-state index contributed by atoms with van der Waals surface area (Å²) in [6.07, 6.45) is 1.73. The van der Waals surface area contributed by atoms with Crippen molar-refractivity contribution in [3.8, 4) is 0 Å². The minimum Gasteiger partial charge on any atom is -0.332 e. The molecule has 0 saturated carbocycles. The van der Waals surface area contributed by atoms with Crippen molar-refractivity contribution in [3.63, 3.8) is 0 Å². The van der Waals surface area contributed by atoms with Gasteiger partial charge in [-0.05, 0) is 47.9 Å². The van der Waals surface area contributed by atoms with E-state index in [4.69, 9.17) is 0 Å². The lowest BCUT2D eigenvalue weighted by molar-refractivity contribution is -0.129. The van der Waals surface area contributed by atoms with Crippen molar-refractivity contribution in [2.45, 2.75) is 44.9 Å². The van der Waals surface area contributed by atoms with Crippen LogP contribution in [0, 0.1) is 6.92 Å². The molecular formula is C18H21N3OS. The van der Waals surface area contributed by atoms with Gasteiger partial charge in [0.1, 0.15) is 0 Å². The molecule has 2 aromatic rings. The van der Waals surface area contributed by atoms with Crippen LogP contribution in [-0.4, -0.2) is 39.3 Å². The van der Waals surface area contributed by atoms with Gasteiger partial charge in [-0.15, -0.1) is 0 Å². The molecule has 2 fully saturated rings. The van der Waals surface area contributed by atoms with Crippen LogP contribution >= 0.6 is 11.3 Å². The number of carbonyl (C=O) groups is 1. The van der Waals surface area contributed by atoms with Gasteiger partial charge in [0.2, 0.25) is 5.91 Å². The maximum atomic E-state index is 12.5. The molecule has 120 valence electrons. The zero-order valence-corrected chi connectivity index (χ0v) is 14.1. The second kappa shape index (κ2) is 6.06. The number of carbonyl (C=O) groups excluding carboxylic acids is 1. The van der Waals surface area contributed by atoms with E-state index in [-0.39, 0.29) is 5.91 Å². The molecule has 0 aliphatic carbocycles. The molecule has 2 aliphatic rings. The predicted molar refractivity (Wildman–Crippen MR) is 91.1 cm³/mol. The fourth-order valence-corrected chi connectivity index (χ4v) is 4.55. The van der Waals surface area contributed by atoms with Gasteiger partial charge in [-0.2, -0.15) is 11.3 Å². The van der Waals surface area contributed by atoms with E-state index < -0.39 is 0 Å². The van der Waals surface area contributed by atoms with Gasteiger partial charge in [0.15, 0.2) is 0 Å². The number of aromatic nitrogens is 1. The Labute approximate surface area is 140 Å². The zero-order valence-electron chi connectivity index (χ0n) is 13.3. The molecule has 0 N–H and O–H groups in total. The fourth-order valence-electron chi connectivity index (χ4n) is 3.89. The van der Waals surface area contributed by atoms with Gasteiger partial charge < -0.3 is 4.90 Å². The van der Waals surface area contributed by atoms with Gasteiger partial charge in [-0.25, -0.2) is 0 Å². The van der Waals surface area contributed by atoms with Crippen molar-refractivity contribution < 1.29 is 4.79 Å². The molecule has 2 saturated heterocycles. The van der Waals surface area contributed by atoms with Crippen LogP contribution in [0.25, 0.3) is 0 Å². The summed E-state index contributed by atoms with van der Waals surface area (Å²) >= 11 is 1.74. The smallest absolute Gasteiger partial charge is 0.224 e. The third-order valence-electron chi connectivity index (χ3n) is 4.97. The van der Waals surface area contributed by atoms with Gasteiger partial charge in [0.05, 0.1) is 12.2 Å². The summed E-state index contributed by atoms with van der Waals surface area (Å²) in [7, 11) is 0. The van der Waals surface area contributed by atoms with Crippen LogP contribution in [0.4, 0.5) is 0 Å². The predicted octanol–water partition coefficient (Wildman–Crippen LogP) is 2.83. The van der Waals surface area contributed by atoms with Crippen molar-refractivity contribution >= 4 is 17.2 Å². The summed E-state index contributed by atoms with van der Waals surface area (Å²) in [4.78, 5) is 21.6. The van der Waals surface area contributed by atoms with Gasteiger partial charge in [0.25, 0.3) is 0 Å². The van der Waals surface area contributed by atoms with Crippen molar-refractivity contribution in [2.75, 3.05) is 6.54 Å². The van der Waals surface area contributed by atoms with Crippen LogP contribution in [0.3, 0.4) is 0 Å². The Morgan fingerprint density at radius 2 is 2.17 bits per heavy atom. The first kappa shape index (κ1) is 14.8. The lowest BCUT2D eigenvalue weighted by Crippen LogP contribution is -2.36. The van der Waals surface area contributed by atoms with E-state index in [1.165, 1.54) is 5.56 Å². The average molecular weight is 327 g/mol. The quantitative estimate of drug-likeness (QED) is 0.866. The number of fused-ring (bicyclic) bond motifs is 1. The topological polar surface area (TPSA) is 36.4 Å². The number of nitrogens with zero attached hydrogens (tertiary/aromatic N) is 3. The highest BCUT2D eigenvalue weighted by Crippen LogP contribution is 2.34. The number of hydrogen-bond donors (Lipinski definition) is 0. The number of hydrogen-bond acceptors (Lipinski definition) is 4. The Bertz CT molecular complexity index is 700. The molecule has 0 bridgehead atoms. The van der Waals surface area contributed by atoms with E-state index in [0.717, 1.165) is 30.9 Å². The monoisotopic (exact) mass is 327 g/mol. The fraction of sp³-hybridized carbons (Fsp3) is 0.444. The summed E-state index contributed by atoms with van der Waals surface area (Å²) in [6.45, 7) is 4.69. The molecule has 0 unspecified atom stereocenters. The largest absolute Gasteiger partial charge is 0.332 e. The number of thiophene rings is 1. The third kappa shape index (κ3) is 2.91. The van der Waals surface area contributed by atoms with Crippen molar-refractivity contribution in [3.05, 3.63) is 52.0 Å². The van der Waals surface area contributed by atoms with Gasteiger partial charge in [0, 0.05) is 37.3 Å². The molecule has 23 heavy (non-hydrogen) atoms. The number of amides is 1. The van der Waals surface area contributed by atoms with E-state index in [1.807, 2.05) is 25.1 Å². The number of pyridine rings is 1. The van der Waals surface area contributed by atoms with Crippen molar-refractivity contribution in [2.24, 2.45) is 0 Å². The van der Waals surface area contributed by atoms with Crippen molar-refractivity contribution in [1.82, 2.24) is 14.8 Å². The Balaban J connectivity index is 1.48. The highest BCUT2D eigenvalue weighted by atomic mass is 32.1. The average Bonchev–Trinajstić information content (AvgIpc) is 3.22. The second-order valence-electron chi connectivity index (χ2n) is 6.52. The molecule has 0 aromatic carbocycles. The van der Waals surface area contributed by atoms with Crippen LogP contribution in [0.2, 0.25) is 0 Å². The highest BCUT2D eigenvalue weighted by molar-refractivity contribution is 7.07. The molecule has 1 amide bonds. The standard InChI is InChI=1S/C18H21N3OS/c1-13-3-2-4-15(19-13)11-21-16-5-7-20(17(16)9-18(21)22)10-14-6-8-23-12-14/h2-4,6,8,12,16-17H,5,7,9-11H2,1H3/t16-,17+/m1/s1. The molecular weight excluding hydrogens is 306 g/mol. The number of aryl methyl sites for hydroxylation is 1. The Morgan fingerprint density at radius 3 is 2.96 bits per heavy atom. The van der Waals surface area contributed by atoms with Crippen LogP contribution in [0.5, 0.6) is 0 Å². The van der Waals surface area contributed by atoms with Crippen LogP contribution in [0.15, 0.2) is 35.0 Å². The van der Waals surface area contributed by atoms with E-state index >= 15 is 0 Å². The lowest BCUT2D eigenvalue weighted by atomic mass is 10.1. The number of likely N-dealkylation sites (tertiary alicyclic amines) is 2. The van der Waals surface area contributed by atoms with Crippen LogP contribution in [0.1, 0.15) is 29.8 Å². The van der Waals surface area contributed by atoms with Gasteiger partial charge in [-0.3, -0.25) is 14.7 Å². The summed E-state index contributed by atoms with van der Waals surface area (Å²) < 4.78 is 0. The molecule has 0 radical (unpaired) electrons. The van der Waals surface area contributed by atoms with Gasteiger partial charge >= 0.3 is 0 Å². The Kier molecular flexibility index (Phi) is 3.91. The molecule has 4 heterocycles. The van der Waals surface area contributed by atoms with Crippen LogP contribution < -0.4 is 0 Å². The molecule has 0 spiro atoms. The minimum absolute atomic E-state index is 0.276. The first-order chi connectivity index (χ1) is 11.2. The van der Waals surface area contributed by atoms with Gasteiger partial charge in [-0.1, -0.05) is 6.07 Å². The zero-order chi connectivity index (χ0) is 15.8. The number of rotatable bonds is 4. The van der Waals surface area contributed by atoms with E-state index in [1.54, 1.807) is 11.3 Å². The maximum Gasteiger partial charge on any atom is 0.224 e. The molecule has 2 aromatic heterocycles. The minimum atomic E-state index is 0.276. The molecule has 2 atom stereocenters. The summed E-state index contributed by atoms with van der Waals surface area (Å²) in [6, 6.07) is 8.94. The second-order valence-corrected chi connectivity index (χ2v) is 7.30.